The van der Waals surface area contributed by atoms with Crippen LogP contribution in [0, 0.1) is 0 Å². The molecule has 1 aromatic heterocycles. The van der Waals surface area contributed by atoms with E-state index in [1.807, 2.05) is 18.5 Å². The van der Waals surface area contributed by atoms with Crippen molar-refractivity contribution in [2.45, 2.75) is 39.8 Å². The van der Waals surface area contributed by atoms with Gasteiger partial charge in [0.05, 0.1) is 22.8 Å². The maximum atomic E-state index is 10.4. The largest absolute Gasteiger partial charge is 0.481 e. The van der Waals surface area contributed by atoms with E-state index in [9.17, 15) is 4.79 Å². The monoisotopic (exact) mass is 259 g/mol. The molecule has 0 radical (unpaired) electrons. The van der Waals surface area contributed by atoms with E-state index in [2.05, 4.69) is 10.4 Å². The van der Waals surface area contributed by atoms with Gasteiger partial charge in [0.25, 0.3) is 0 Å². The topological polar surface area (TPSA) is 67.2 Å². The maximum Gasteiger partial charge on any atom is 0.304 e. The minimum Gasteiger partial charge on any atom is -0.481 e. The fourth-order valence-corrected chi connectivity index (χ4v) is 1.92. The van der Waals surface area contributed by atoms with E-state index in [1.54, 1.807) is 0 Å². The van der Waals surface area contributed by atoms with E-state index in [1.165, 1.54) is 0 Å². The van der Waals surface area contributed by atoms with E-state index in [0.717, 1.165) is 24.4 Å². The third kappa shape index (κ3) is 3.71. The van der Waals surface area contributed by atoms with Crippen molar-refractivity contribution >= 4 is 17.6 Å². The first kappa shape index (κ1) is 14.0. The van der Waals surface area contributed by atoms with E-state index in [-0.39, 0.29) is 6.42 Å². The lowest BCUT2D eigenvalue weighted by Gasteiger charge is -2.06. The van der Waals surface area contributed by atoms with Crippen molar-refractivity contribution < 1.29 is 9.90 Å². The van der Waals surface area contributed by atoms with Crippen LogP contribution in [0.4, 0.5) is 0 Å². The minimum atomic E-state index is -0.804. The molecule has 1 rings (SSSR count). The van der Waals surface area contributed by atoms with Gasteiger partial charge in [0.1, 0.15) is 0 Å². The average molecular weight is 260 g/mol. The number of nitrogens with zero attached hydrogens (tertiary/aromatic N) is 2. The zero-order valence-electron chi connectivity index (χ0n) is 10.2. The second-order valence-electron chi connectivity index (χ2n) is 3.70. The number of aryl methyl sites for hydroxylation is 2. The van der Waals surface area contributed by atoms with Crippen molar-refractivity contribution in [1.82, 2.24) is 15.1 Å². The van der Waals surface area contributed by atoms with Crippen LogP contribution in [-0.2, 0) is 24.3 Å². The van der Waals surface area contributed by atoms with Crippen molar-refractivity contribution in [2.75, 3.05) is 6.54 Å². The van der Waals surface area contributed by atoms with Gasteiger partial charge in [0.2, 0.25) is 0 Å². The number of rotatable bonds is 7. The van der Waals surface area contributed by atoms with Gasteiger partial charge in [0.15, 0.2) is 0 Å². The summed E-state index contributed by atoms with van der Waals surface area (Å²) in [6.45, 7) is 5.75. The maximum absolute atomic E-state index is 10.4. The molecule has 17 heavy (non-hydrogen) atoms. The fourth-order valence-electron chi connectivity index (χ4n) is 1.59. The standard InChI is InChI=1S/C11H18ClN3O2/c1-3-8-11(12)9(15(4-2)14-8)7-13-6-5-10(16)17/h13H,3-7H2,1-2H3,(H,16,17). The van der Waals surface area contributed by atoms with Crippen LogP contribution < -0.4 is 5.32 Å². The van der Waals surface area contributed by atoms with Crippen LogP contribution in [0.5, 0.6) is 0 Å². The van der Waals surface area contributed by atoms with Crippen LogP contribution in [0.1, 0.15) is 31.7 Å². The highest BCUT2D eigenvalue weighted by Crippen LogP contribution is 2.21. The van der Waals surface area contributed by atoms with Gasteiger partial charge in [-0.3, -0.25) is 9.48 Å². The Morgan fingerprint density at radius 1 is 1.53 bits per heavy atom. The molecule has 1 aromatic rings. The molecule has 0 saturated carbocycles. The molecular weight excluding hydrogens is 242 g/mol. The Hall–Kier alpha value is -1.07. The van der Waals surface area contributed by atoms with Crippen molar-refractivity contribution in [2.24, 2.45) is 0 Å². The summed E-state index contributed by atoms with van der Waals surface area (Å²) in [4.78, 5) is 10.4. The summed E-state index contributed by atoms with van der Waals surface area (Å²) in [6.07, 6.45) is 0.909. The van der Waals surface area contributed by atoms with Crippen LogP contribution in [0.3, 0.4) is 0 Å². The number of nitrogens with one attached hydrogen (secondary N) is 1. The number of carbonyl (C=O) groups is 1. The lowest BCUT2D eigenvalue weighted by molar-refractivity contribution is -0.136. The summed E-state index contributed by atoms with van der Waals surface area (Å²) in [5.41, 5.74) is 1.82. The molecular formula is C11H18ClN3O2. The molecule has 0 atom stereocenters. The molecule has 0 aromatic carbocycles. The van der Waals surface area contributed by atoms with Gasteiger partial charge in [-0.2, -0.15) is 5.10 Å². The van der Waals surface area contributed by atoms with Crippen molar-refractivity contribution in [3.05, 3.63) is 16.4 Å². The lowest BCUT2D eigenvalue weighted by atomic mass is 10.3. The molecule has 0 saturated heterocycles. The number of hydrogen-bond donors (Lipinski definition) is 2. The smallest absolute Gasteiger partial charge is 0.304 e. The highest BCUT2D eigenvalue weighted by atomic mass is 35.5. The van der Waals surface area contributed by atoms with Gasteiger partial charge < -0.3 is 10.4 Å². The molecule has 6 heteroatoms. The zero-order chi connectivity index (χ0) is 12.8. The molecule has 0 aliphatic heterocycles. The first-order valence-corrected chi connectivity index (χ1v) is 6.14. The minimum absolute atomic E-state index is 0.110. The van der Waals surface area contributed by atoms with Crippen LogP contribution in [0.2, 0.25) is 5.02 Å². The Balaban J connectivity index is 2.62. The number of hydrogen-bond acceptors (Lipinski definition) is 3. The Labute approximate surface area is 106 Å². The molecule has 0 aliphatic carbocycles. The first-order valence-electron chi connectivity index (χ1n) is 5.76. The Bertz CT molecular complexity index is 390. The molecule has 2 N–H and O–H groups in total. The Kier molecular flexibility index (Phi) is 5.44. The number of carboxylic acid groups (broad SMARTS) is 1. The summed E-state index contributed by atoms with van der Waals surface area (Å²) in [7, 11) is 0. The zero-order valence-corrected chi connectivity index (χ0v) is 10.9. The normalized spacial score (nSPS) is 10.8. The molecule has 0 fully saturated rings. The van der Waals surface area contributed by atoms with E-state index < -0.39 is 5.97 Å². The summed E-state index contributed by atoms with van der Waals surface area (Å²) >= 11 is 6.21. The molecule has 0 bridgehead atoms. The fraction of sp³-hybridized carbons (Fsp3) is 0.636. The predicted octanol–water partition coefficient (Wildman–Crippen LogP) is 1.68. The molecule has 0 unspecified atom stereocenters. The molecule has 0 aliphatic rings. The molecule has 96 valence electrons. The number of aromatic nitrogens is 2. The number of carboxylic acids is 1. The number of halogens is 1. The predicted molar refractivity (Wildman–Crippen MR) is 66.2 cm³/mol. The van der Waals surface area contributed by atoms with Gasteiger partial charge in [-0.15, -0.1) is 0 Å². The summed E-state index contributed by atoms with van der Waals surface area (Å²) in [5.74, 6) is -0.804. The van der Waals surface area contributed by atoms with Crippen LogP contribution in [-0.4, -0.2) is 27.4 Å². The van der Waals surface area contributed by atoms with Gasteiger partial charge in [-0.1, -0.05) is 18.5 Å². The van der Waals surface area contributed by atoms with Crippen molar-refractivity contribution in [1.29, 1.82) is 0 Å². The van der Waals surface area contributed by atoms with Gasteiger partial charge >= 0.3 is 5.97 Å². The first-order chi connectivity index (χ1) is 8.10. The van der Waals surface area contributed by atoms with Gasteiger partial charge in [-0.25, -0.2) is 0 Å². The highest BCUT2D eigenvalue weighted by molar-refractivity contribution is 6.31. The van der Waals surface area contributed by atoms with Crippen molar-refractivity contribution in [3.63, 3.8) is 0 Å². The van der Waals surface area contributed by atoms with E-state index in [4.69, 9.17) is 16.7 Å². The van der Waals surface area contributed by atoms with Crippen LogP contribution in [0.25, 0.3) is 0 Å². The van der Waals surface area contributed by atoms with Gasteiger partial charge in [0, 0.05) is 19.6 Å². The highest BCUT2D eigenvalue weighted by Gasteiger charge is 2.13. The van der Waals surface area contributed by atoms with Crippen molar-refractivity contribution in [3.8, 4) is 0 Å². The SMILES string of the molecule is CCc1nn(CC)c(CNCCC(=O)O)c1Cl. The molecule has 5 nitrogen and oxygen atoms in total. The van der Waals surface area contributed by atoms with Crippen LogP contribution in [0.15, 0.2) is 0 Å². The number of aliphatic carboxylic acids is 1. The Morgan fingerprint density at radius 2 is 2.24 bits per heavy atom. The molecule has 0 amide bonds. The average Bonchev–Trinajstić information content (AvgIpc) is 2.61. The summed E-state index contributed by atoms with van der Waals surface area (Å²) < 4.78 is 1.86. The lowest BCUT2D eigenvalue weighted by Crippen LogP contribution is -2.20. The van der Waals surface area contributed by atoms with E-state index >= 15 is 0 Å². The quantitative estimate of drug-likeness (QED) is 0.731. The van der Waals surface area contributed by atoms with Gasteiger partial charge in [-0.05, 0) is 13.3 Å². The van der Waals surface area contributed by atoms with E-state index in [0.29, 0.717) is 18.1 Å². The summed E-state index contributed by atoms with van der Waals surface area (Å²) in [6, 6.07) is 0. The van der Waals surface area contributed by atoms with Crippen LogP contribution >= 0.6 is 11.6 Å². The third-order valence-corrected chi connectivity index (χ3v) is 2.94. The third-order valence-electron chi connectivity index (χ3n) is 2.50. The Morgan fingerprint density at radius 3 is 2.76 bits per heavy atom. The second kappa shape index (κ2) is 6.61. The second-order valence-corrected chi connectivity index (χ2v) is 4.08. The summed E-state index contributed by atoms with van der Waals surface area (Å²) in [5, 5.41) is 16.7. The molecule has 1 heterocycles. The molecule has 0 spiro atoms.